The number of nitrogens with zero attached hydrogens (tertiary/aromatic N) is 1. The van der Waals surface area contributed by atoms with Crippen LogP contribution in [0, 0.1) is 0 Å². The molecule has 0 amide bonds. The molecule has 0 unspecified atom stereocenters. The van der Waals surface area contributed by atoms with Crippen LogP contribution in [0.25, 0.3) is 16.9 Å². The lowest BCUT2D eigenvalue weighted by atomic mass is 10.1. The zero-order valence-electron chi connectivity index (χ0n) is 12.9. The number of aromatic amines is 1. The van der Waals surface area contributed by atoms with Crippen molar-refractivity contribution in [2.75, 3.05) is 6.61 Å². The van der Waals surface area contributed by atoms with E-state index in [9.17, 15) is 14.7 Å². The molecule has 2 aromatic carbocycles. The van der Waals surface area contributed by atoms with Gasteiger partial charge in [0.15, 0.2) is 0 Å². The predicted molar refractivity (Wildman–Crippen MR) is 83.9 cm³/mol. The molecular formula is C17H15N2O5+. The van der Waals surface area contributed by atoms with E-state index in [4.69, 9.17) is 9.26 Å². The molecule has 0 saturated carbocycles. The first-order chi connectivity index (χ1) is 11.6. The number of aromatic nitrogens is 2. The van der Waals surface area contributed by atoms with Crippen molar-refractivity contribution in [2.24, 2.45) is 0 Å². The van der Waals surface area contributed by atoms with Crippen LogP contribution in [0.3, 0.4) is 0 Å². The Morgan fingerprint density at radius 2 is 2.00 bits per heavy atom. The fraction of sp³-hybridized carbons (Fsp3) is 0.118. The van der Waals surface area contributed by atoms with Crippen molar-refractivity contribution in [3.63, 3.8) is 0 Å². The average Bonchev–Trinajstić information content (AvgIpc) is 2.97. The number of benzene rings is 2. The maximum absolute atomic E-state index is 12.0. The molecule has 24 heavy (non-hydrogen) atoms. The maximum atomic E-state index is 12.0. The van der Waals surface area contributed by atoms with Crippen molar-refractivity contribution in [3.05, 3.63) is 64.5 Å². The molecule has 0 radical (unpaired) electrons. The molecule has 1 heterocycles. The summed E-state index contributed by atoms with van der Waals surface area (Å²) in [5, 5.41) is 12.1. The lowest BCUT2D eigenvalue weighted by Crippen LogP contribution is -2.36. The van der Waals surface area contributed by atoms with Gasteiger partial charge in [0.1, 0.15) is 5.75 Å². The number of aromatic hydroxyl groups is 1. The van der Waals surface area contributed by atoms with Crippen molar-refractivity contribution in [2.45, 2.75) is 6.92 Å². The second-order valence-electron chi connectivity index (χ2n) is 4.98. The number of phenolic OH excluding ortho intramolecular Hbond substituents is 1. The van der Waals surface area contributed by atoms with Gasteiger partial charge in [0, 0.05) is 12.1 Å². The number of carbonyl (C=O) groups excluding carboxylic acids is 1. The van der Waals surface area contributed by atoms with Crippen molar-refractivity contribution >= 4 is 5.97 Å². The van der Waals surface area contributed by atoms with Crippen molar-refractivity contribution in [1.29, 1.82) is 0 Å². The number of hydrogen-bond donors (Lipinski definition) is 2. The SMILES string of the molecule is CCOC(=O)c1ccc(-[n+]2[nH]oc(=O)c2-c2cccc(O)c2)cc1. The summed E-state index contributed by atoms with van der Waals surface area (Å²) in [6, 6.07) is 12.8. The highest BCUT2D eigenvalue weighted by atomic mass is 16.5. The molecule has 0 bridgehead atoms. The molecule has 0 saturated heterocycles. The van der Waals surface area contributed by atoms with Gasteiger partial charge < -0.3 is 9.84 Å². The minimum atomic E-state index is -0.574. The highest BCUT2D eigenvalue weighted by Crippen LogP contribution is 2.19. The Kier molecular flexibility index (Phi) is 4.15. The molecular weight excluding hydrogens is 312 g/mol. The van der Waals surface area contributed by atoms with E-state index >= 15 is 0 Å². The van der Waals surface area contributed by atoms with Crippen LogP contribution in [-0.4, -0.2) is 23.0 Å². The molecule has 0 fully saturated rings. The minimum absolute atomic E-state index is 0.0392. The Hall–Kier alpha value is -3.35. The molecule has 3 rings (SSSR count). The monoisotopic (exact) mass is 327 g/mol. The molecule has 1 aromatic heterocycles. The largest absolute Gasteiger partial charge is 0.508 e. The Balaban J connectivity index is 2.02. The Morgan fingerprint density at radius 3 is 2.67 bits per heavy atom. The van der Waals surface area contributed by atoms with Crippen LogP contribution in [0.15, 0.2) is 57.8 Å². The van der Waals surface area contributed by atoms with Crippen LogP contribution >= 0.6 is 0 Å². The van der Waals surface area contributed by atoms with E-state index in [-0.39, 0.29) is 11.4 Å². The lowest BCUT2D eigenvalue weighted by molar-refractivity contribution is -0.660. The van der Waals surface area contributed by atoms with Crippen LogP contribution in [0.5, 0.6) is 5.75 Å². The summed E-state index contributed by atoms with van der Waals surface area (Å²) in [6.45, 7) is 2.03. The normalized spacial score (nSPS) is 10.5. The fourth-order valence-electron chi connectivity index (χ4n) is 2.32. The molecule has 0 aliphatic carbocycles. The summed E-state index contributed by atoms with van der Waals surface area (Å²) < 4.78 is 11.2. The molecule has 7 heteroatoms. The molecule has 0 aliphatic rings. The summed E-state index contributed by atoms with van der Waals surface area (Å²) in [7, 11) is 0. The van der Waals surface area contributed by atoms with Crippen LogP contribution in [0.2, 0.25) is 0 Å². The number of phenols is 1. The highest BCUT2D eigenvalue weighted by Gasteiger charge is 2.25. The molecule has 3 aromatic rings. The molecule has 2 N–H and O–H groups in total. The van der Waals surface area contributed by atoms with E-state index in [1.54, 1.807) is 43.3 Å². The van der Waals surface area contributed by atoms with E-state index in [0.29, 0.717) is 23.4 Å². The zero-order chi connectivity index (χ0) is 17.1. The van der Waals surface area contributed by atoms with Gasteiger partial charge in [-0.1, -0.05) is 6.07 Å². The highest BCUT2D eigenvalue weighted by molar-refractivity contribution is 5.89. The first kappa shape index (κ1) is 15.5. The van der Waals surface area contributed by atoms with Gasteiger partial charge in [-0.05, 0) is 47.2 Å². The zero-order valence-corrected chi connectivity index (χ0v) is 12.9. The Bertz CT molecular complexity index is 925. The smallest absolute Gasteiger partial charge is 0.435 e. The van der Waals surface area contributed by atoms with Crippen molar-refractivity contribution in [1.82, 2.24) is 5.27 Å². The third-order valence-corrected chi connectivity index (χ3v) is 3.40. The molecule has 0 atom stereocenters. The van der Waals surface area contributed by atoms with E-state index in [1.807, 2.05) is 0 Å². The van der Waals surface area contributed by atoms with Crippen molar-refractivity contribution in [3.8, 4) is 22.7 Å². The van der Waals surface area contributed by atoms with Crippen LogP contribution < -0.4 is 10.3 Å². The van der Waals surface area contributed by atoms with E-state index in [1.165, 1.54) is 16.8 Å². The van der Waals surface area contributed by atoms with Gasteiger partial charge in [0.25, 0.3) is 0 Å². The molecule has 7 nitrogen and oxygen atoms in total. The summed E-state index contributed by atoms with van der Waals surface area (Å²) in [4.78, 5) is 23.7. The van der Waals surface area contributed by atoms with E-state index < -0.39 is 11.6 Å². The third kappa shape index (κ3) is 2.91. The quantitative estimate of drug-likeness (QED) is 0.562. The predicted octanol–water partition coefficient (Wildman–Crippen LogP) is 1.79. The van der Waals surface area contributed by atoms with Crippen LogP contribution in [-0.2, 0) is 4.74 Å². The van der Waals surface area contributed by atoms with Gasteiger partial charge >= 0.3 is 17.3 Å². The lowest BCUT2D eigenvalue weighted by Gasteiger charge is -2.01. The minimum Gasteiger partial charge on any atom is -0.508 e. The van der Waals surface area contributed by atoms with Crippen LogP contribution in [0.4, 0.5) is 0 Å². The van der Waals surface area contributed by atoms with Gasteiger partial charge in [-0.25, -0.2) is 9.59 Å². The summed E-state index contributed by atoms with van der Waals surface area (Å²) >= 11 is 0. The Labute approximate surface area is 136 Å². The summed E-state index contributed by atoms with van der Waals surface area (Å²) in [5.74, 6) is -0.375. The number of carbonyl (C=O) groups is 1. The average molecular weight is 327 g/mol. The number of hydrogen-bond acceptors (Lipinski definition) is 5. The number of H-pyrrole nitrogens is 1. The number of nitrogens with one attached hydrogen (secondary N) is 1. The van der Waals surface area contributed by atoms with Gasteiger partial charge in [-0.3, -0.25) is 4.52 Å². The molecule has 122 valence electrons. The number of ether oxygens (including phenoxy) is 1. The van der Waals surface area contributed by atoms with E-state index in [0.717, 1.165) is 0 Å². The second-order valence-corrected chi connectivity index (χ2v) is 4.98. The first-order valence-corrected chi connectivity index (χ1v) is 7.30. The molecule has 0 spiro atoms. The fourth-order valence-corrected chi connectivity index (χ4v) is 2.32. The third-order valence-electron chi connectivity index (χ3n) is 3.40. The van der Waals surface area contributed by atoms with Crippen LogP contribution in [0.1, 0.15) is 17.3 Å². The summed E-state index contributed by atoms with van der Waals surface area (Å²) in [6.07, 6.45) is 0. The first-order valence-electron chi connectivity index (χ1n) is 7.30. The second kappa shape index (κ2) is 6.41. The topological polar surface area (TPSA) is 96.4 Å². The van der Waals surface area contributed by atoms with Gasteiger partial charge in [-0.15, -0.1) is 0 Å². The van der Waals surface area contributed by atoms with E-state index in [2.05, 4.69) is 5.27 Å². The Morgan fingerprint density at radius 1 is 1.25 bits per heavy atom. The van der Waals surface area contributed by atoms with Gasteiger partial charge in [0.2, 0.25) is 5.69 Å². The molecule has 0 aliphatic heterocycles. The summed E-state index contributed by atoms with van der Waals surface area (Å²) in [5.41, 5.74) is 1.16. The number of esters is 1. The maximum Gasteiger partial charge on any atom is 0.435 e. The van der Waals surface area contributed by atoms with Crippen molar-refractivity contribution < 1.29 is 23.8 Å². The van der Waals surface area contributed by atoms with Gasteiger partial charge in [-0.2, -0.15) is 0 Å². The standard InChI is InChI=1S/C17H14N2O5/c1-2-23-16(21)11-6-8-13(9-7-11)19-15(17(22)24-18-19)12-4-3-5-14(20)10-12/h3-10H,2H2,1H3,(H-,18,20,22)/p+1. The van der Waals surface area contributed by atoms with Gasteiger partial charge in [0.05, 0.1) is 17.7 Å². The number of rotatable bonds is 4.